The van der Waals surface area contributed by atoms with Gasteiger partial charge in [0.1, 0.15) is 0 Å². The minimum atomic E-state index is -0.266. The third-order valence-electron chi connectivity index (χ3n) is 4.83. The van der Waals surface area contributed by atoms with E-state index in [2.05, 4.69) is 37.8 Å². The van der Waals surface area contributed by atoms with Crippen LogP contribution in [0.5, 0.6) is 0 Å². The van der Waals surface area contributed by atoms with Gasteiger partial charge in [-0.25, -0.2) is 0 Å². The van der Waals surface area contributed by atoms with Crippen molar-refractivity contribution in [3.63, 3.8) is 0 Å². The maximum atomic E-state index is 13.1. The zero-order valence-electron chi connectivity index (χ0n) is 18.4. The lowest BCUT2D eigenvalue weighted by Crippen LogP contribution is -2.29. The Bertz CT molecular complexity index is 974. The van der Waals surface area contributed by atoms with E-state index in [-0.39, 0.29) is 12.2 Å². The summed E-state index contributed by atoms with van der Waals surface area (Å²) in [6.07, 6.45) is 10.2. The molecule has 29 heavy (non-hydrogen) atoms. The molecule has 0 aromatic carbocycles. The number of aliphatic hydroxyl groups excluding tert-OH is 1. The van der Waals surface area contributed by atoms with Crippen molar-refractivity contribution in [3.8, 4) is 0 Å². The Morgan fingerprint density at radius 2 is 1.83 bits per heavy atom. The Kier molecular flexibility index (Phi) is 8.47. The maximum Gasteiger partial charge on any atom is 0.261 e. The minimum absolute atomic E-state index is 0.159. The van der Waals surface area contributed by atoms with Crippen molar-refractivity contribution in [1.29, 1.82) is 0 Å². The first-order valence-electron chi connectivity index (χ1n) is 10.5. The van der Waals surface area contributed by atoms with Gasteiger partial charge in [0.05, 0.1) is 17.8 Å². The number of allylic oxidation sites excluding steroid dienone is 5. The lowest BCUT2D eigenvalue weighted by Gasteiger charge is -2.26. The van der Waals surface area contributed by atoms with E-state index in [0.29, 0.717) is 5.56 Å². The second-order valence-corrected chi connectivity index (χ2v) is 7.45. The summed E-state index contributed by atoms with van der Waals surface area (Å²) in [4.78, 5) is 15.4. The molecule has 0 radical (unpaired) electrons. The summed E-state index contributed by atoms with van der Waals surface area (Å²) in [6, 6.07) is 7.80. The van der Waals surface area contributed by atoms with Crippen LogP contribution in [0.15, 0.2) is 58.4 Å². The van der Waals surface area contributed by atoms with Crippen LogP contribution in [0.4, 0.5) is 5.69 Å². The molecule has 0 aliphatic carbocycles. The van der Waals surface area contributed by atoms with Crippen LogP contribution in [-0.2, 0) is 6.61 Å². The number of rotatable bonds is 9. The van der Waals surface area contributed by atoms with Gasteiger partial charge in [0.25, 0.3) is 5.56 Å². The maximum absolute atomic E-state index is 13.1. The van der Waals surface area contributed by atoms with Crippen molar-refractivity contribution < 1.29 is 5.11 Å². The molecular weight excluding hydrogens is 360 g/mol. The number of hydrogen-bond acceptors (Lipinski definition) is 3. The van der Waals surface area contributed by atoms with Crippen LogP contribution in [0, 0.1) is 0 Å². The molecule has 4 heteroatoms. The summed E-state index contributed by atoms with van der Waals surface area (Å²) in [6.45, 7) is 12.0. The highest BCUT2D eigenvalue weighted by atomic mass is 16.3. The van der Waals surface area contributed by atoms with Gasteiger partial charge in [-0.1, -0.05) is 43.7 Å². The van der Waals surface area contributed by atoms with E-state index in [1.807, 2.05) is 50.3 Å². The van der Waals surface area contributed by atoms with E-state index in [1.54, 1.807) is 4.40 Å². The fourth-order valence-electron chi connectivity index (χ4n) is 3.71. The van der Waals surface area contributed by atoms with Crippen LogP contribution in [-0.4, -0.2) is 22.6 Å². The first kappa shape index (κ1) is 22.7. The Balaban J connectivity index is 2.76. The minimum Gasteiger partial charge on any atom is -0.391 e. The van der Waals surface area contributed by atoms with Crippen molar-refractivity contribution in [1.82, 2.24) is 4.40 Å². The molecule has 0 saturated heterocycles. The van der Waals surface area contributed by atoms with Crippen LogP contribution >= 0.6 is 0 Å². The largest absolute Gasteiger partial charge is 0.391 e. The molecule has 0 saturated carbocycles. The van der Waals surface area contributed by atoms with Gasteiger partial charge >= 0.3 is 0 Å². The van der Waals surface area contributed by atoms with Gasteiger partial charge in [-0.05, 0) is 63.5 Å². The quantitative estimate of drug-likeness (QED) is 0.584. The number of pyridine rings is 2. The van der Waals surface area contributed by atoms with Crippen LogP contribution in [0.1, 0.15) is 58.7 Å². The summed E-state index contributed by atoms with van der Waals surface area (Å²) in [7, 11) is 0. The SMILES string of the molecule is C/C=C/C(C)=C\C(C)=C\c1cccc2c(N(CCC)CCC)cc(CO)c(=O)n12. The van der Waals surface area contributed by atoms with E-state index >= 15 is 0 Å². The molecule has 2 heterocycles. The zero-order valence-corrected chi connectivity index (χ0v) is 18.4. The predicted molar refractivity (Wildman–Crippen MR) is 125 cm³/mol. The number of aromatic nitrogens is 1. The number of anilines is 1. The van der Waals surface area contributed by atoms with E-state index in [9.17, 15) is 9.90 Å². The molecule has 0 atom stereocenters. The highest BCUT2D eigenvalue weighted by molar-refractivity contribution is 5.75. The summed E-state index contributed by atoms with van der Waals surface area (Å²) >= 11 is 0. The second-order valence-electron chi connectivity index (χ2n) is 7.45. The fourth-order valence-corrected chi connectivity index (χ4v) is 3.71. The van der Waals surface area contributed by atoms with Crippen molar-refractivity contribution >= 4 is 17.3 Å². The Morgan fingerprint density at radius 3 is 2.41 bits per heavy atom. The topological polar surface area (TPSA) is 45.0 Å². The summed E-state index contributed by atoms with van der Waals surface area (Å²) in [5.41, 5.74) is 5.19. The third kappa shape index (κ3) is 5.48. The molecule has 0 bridgehead atoms. The zero-order chi connectivity index (χ0) is 21.4. The fraction of sp³-hybridized carbons (Fsp3) is 0.400. The van der Waals surface area contributed by atoms with E-state index in [4.69, 9.17) is 0 Å². The third-order valence-corrected chi connectivity index (χ3v) is 4.83. The molecule has 0 aliphatic rings. The van der Waals surface area contributed by atoms with E-state index in [1.165, 1.54) is 0 Å². The second kappa shape index (κ2) is 10.8. The molecule has 2 aromatic heterocycles. The van der Waals surface area contributed by atoms with Crippen LogP contribution in [0.25, 0.3) is 11.6 Å². The van der Waals surface area contributed by atoms with Gasteiger partial charge in [0.15, 0.2) is 0 Å². The van der Waals surface area contributed by atoms with Crippen LogP contribution < -0.4 is 10.5 Å². The summed E-state index contributed by atoms with van der Waals surface area (Å²) < 4.78 is 1.74. The van der Waals surface area contributed by atoms with Crippen molar-refractivity contribution in [2.24, 2.45) is 0 Å². The number of hydrogen-bond donors (Lipinski definition) is 1. The molecule has 0 fully saturated rings. The van der Waals surface area contributed by atoms with Gasteiger partial charge in [-0.15, -0.1) is 0 Å². The lowest BCUT2D eigenvalue weighted by molar-refractivity contribution is 0.280. The van der Waals surface area contributed by atoms with Crippen LogP contribution in [0.3, 0.4) is 0 Å². The smallest absolute Gasteiger partial charge is 0.261 e. The highest BCUT2D eigenvalue weighted by Gasteiger charge is 2.15. The van der Waals surface area contributed by atoms with E-state index in [0.717, 1.165) is 54.0 Å². The molecule has 156 valence electrons. The highest BCUT2D eigenvalue weighted by Crippen LogP contribution is 2.24. The molecule has 2 aromatic rings. The predicted octanol–water partition coefficient (Wildman–Crippen LogP) is 5.34. The molecule has 0 aliphatic heterocycles. The lowest BCUT2D eigenvalue weighted by atomic mass is 10.1. The van der Waals surface area contributed by atoms with Gasteiger partial charge in [0, 0.05) is 24.3 Å². The Labute approximate surface area is 174 Å². The van der Waals surface area contributed by atoms with Crippen molar-refractivity contribution in [3.05, 3.63) is 75.3 Å². The molecule has 4 nitrogen and oxygen atoms in total. The summed E-state index contributed by atoms with van der Waals surface area (Å²) in [5.74, 6) is 0. The normalized spacial score (nSPS) is 12.9. The molecule has 1 N–H and O–H groups in total. The van der Waals surface area contributed by atoms with Crippen molar-refractivity contribution in [2.75, 3.05) is 18.0 Å². The van der Waals surface area contributed by atoms with Gasteiger partial charge in [-0.3, -0.25) is 9.20 Å². The van der Waals surface area contributed by atoms with Gasteiger partial charge in [0.2, 0.25) is 0 Å². The van der Waals surface area contributed by atoms with Crippen LogP contribution in [0.2, 0.25) is 0 Å². The molecule has 0 amide bonds. The van der Waals surface area contributed by atoms with E-state index < -0.39 is 0 Å². The first-order chi connectivity index (χ1) is 14.0. The number of aliphatic hydroxyl groups is 1. The Morgan fingerprint density at radius 1 is 1.14 bits per heavy atom. The molecule has 0 unspecified atom stereocenters. The number of fused-ring (bicyclic) bond motifs is 1. The molecule has 2 rings (SSSR count). The molecule has 0 spiro atoms. The first-order valence-corrected chi connectivity index (χ1v) is 10.5. The standard InChI is InChI=1S/C25H34N2O2/c1-6-10-19(4)15-20(5)16-22-11-9-12-23-24(26(13-7-2)14-8-3)17-21(18-28)25(29)27(22)23/h6,9-12,15-17,28H,7-8,13-14,18H2,1-5H3/b10-6+,19-15-,20-16+. The van der Waals surface area contributed by atoms with Crippen molar-refractivity contribution in [2.45, 2.75) is 54.1 Å². The van der Waals surface area contributed by atoms with Gasteiger partial charge < -0.3 is 10.0 Å². The average Bonchev–Trinajstić information content (AvgIpc) is 2.68. The Hall–Kier alpha value is -2.59. The van der Waals surface area contributed by atoms with Gasteiger partial charge in [-0.2, -0.15) is 0 Å². The summed E-state index contributed by atoms with van der Waals surface area (Å²) in [5, 5.41) is 9.83. The number of nitrogens with zero attached hydrogens (tertiary/aromatic N) is 2. The molecular formula is C25H34N2O2. The average molecular weight is 395 g/mol. The monoisotopic (exact) mass is 394 g/mol.